The molecule has 26 heavy (non-hydrogen) atoms. The van der Waals surface area contributed by atoms with Crippen LogP contribution in [-0.2, 0) is 0 Å². The molecule has 2 amide bonds. The molecule has 0 heterocycles. The second kappa shape index (κ2) is 9.78. The molecule has 1 saturated carbocycles. The largest absolute Gasteiger partial charge is 0.491 e. The minimum atomic E-state index is -0.576. The van der Waals surface area contributed by atoms with Gasteiger partial charge in [-0.1, -0.05) is 19.3 Å². The van der Waals surface area contributed by atoms with Crippen LogP contribution in [-0.4, -0.2) is 42.0 Å². The van der Waals surface area contributed by atoms with E-state index in [-0.39, 0.29) is 24.2 Å². The number of aliphatic hydroxyl groups is 1. The minimum absolute atomic E-state index is 0.0352. The van der Waals surface area contributed by atoms with E-state index in [1.165, 1.54) is 19.3 Å². The van der Waals surface area contributed by atoms with Gasteiger partial charge in [-0.2, -0.15) is 0 Å². The Morgan fingerprint density at radius 2 is 1.85 bits per heavy atom. The quantitative estimate of drug-likeness (QED) is 0.599. The summed E-state index contributed by atoms with van der Waals surface area (Å²) in [6, 6.07) is 7.31. The van der Waals surface area contributed by atoms with E-state index in [2.05, 4.69) is 36.7 Å². The molecule has 6 heteroatoms. The normalized spacial score (nSPS) is 16.8. The Kier molecular flexibility index (Phi) is 7.72. The second-order valence-electron chi connectivity index (χ2n) is 8.05. The van der Waals surface area contributed by atoms with Gasteiger partial charge in [0.15, 0.2) is 0 Å². The zero-order valence-electron chi connectivity index (χ0n) is 16.2. The molecule has 0 saturated heterocycles. The monoisotopic (exact) mass is 363 g/mol. The van der Waals surface area contributed by atoms with E-state index in [0.717, 1.165) is 18.5 Å². The van der Waals surface area contributed by atoms with Gasteiger partial charge in [-0.25, -0.2) is 4.79 Å². The van der Waals surface area contributed by atoms with Gasteiger partial charge in [0, 0.05) is 23.8 Å². The number of carbonyl (C=O) groups excluding carboxylic acids is 1. The van der Waals surface area contributed by atoms with Crippen molar-refractivity contribution in [3.8, 4) is 5.75 Å². The Morgan fingerprint density at radius 1 is 1.19 bits per heavy atom. The van der Waals surface area contributed by atoms with Crippen molar-refractivity contribution in [1.29, 1.82) is 0 Å². The number of β-amino-alcohol motifs (C(OH)–C–C–N with tert-alkyl or cyclic N) is 1. The lowest BCUT2D eigenvalue weighted by molar-refractivity contribution is 0.100. The Bertz CT molecular complexity index is 548. The molecule has 1 atom stereocenters. The van der Waals surface area contributed by atoms with Crippen molar-refractivity contribution in [3.05, 3.63) is 24.3 Å². The van der Waals surface area contributed by atoms with Gasteiger partial charge in [-0.15, -0.1) is 0 Å². The van der Waals surface area contributed by atoms with E-state index in [1.807, 2.05) is 0 Å². The molecule has 1 aliphatic carbocycles. The molecule has 0 aromatic heterocycles. The van der Waals surface area contributed by atoms with Crippen LogP contribution in [0.25, 0.3) is 0 Å². The van der Waals surface area contributed by atoms with Gasteiger partial charge < -0.3 is 25.8 Å². The average molecular weight is 364 g/mol. The maximum Gasteiger partial charge on any atom is 0.319 e. The summed E-state index contributed by atoms with van der Waals surface area (Å²) in [6.45, 7) is 6.85. The highest BCUT2D eigenvalue weighted by Crippen LogP contribution is 2.18. The number of benzene rings is 1. The lowest BCUT2D eigenvalue weighted by Crippen LogP contribution is -2.42. The van der Waals surface area contributed by atoms with Gasteiger partial charge in [0.1, 0.15) is 18.5 Å². The number of hydrogen-bond donors (Lipinski definition) is 4. The molecule has 1 fully saturated rings. The first-order valence-corrected chi connectivity index (χ1v) is 9.55. The molecule has 0 aliphatic heterocycles. The third-order valence-electron chi connectivity index (χ3n) is 4.36. The first-order chi connectivity index (χ1) is 12.3. The van der Waals surface area contributed by atoms with Gasteiger partial charge in [-0.3, -0.25) is 0 Å². The molecule has 1 aromatic rings. The maximum absolute atomic E-state index is 12.0. The molecule has 4 N–H and O–H groups in total. The zero-order valence-corrected chi connectivity index (χ0v) is 16.2. The van der Waals surface area contributed by atoms with Crippen molar-refractivity contribution >= 4 is 11.7 Å². The van der Waals surface area contributed by atoms with Crippen LogP contribution in [0.4, 0.5) is 10.5 Å². The number of rotatable bonds is 7. The summed E-state index contributed by atoms with van der Waals surface area (Å²) in [6.07, 6.45) is 5.19. The van der Waals surface area contributed by atoms with E-state index in [1.54, 1.807) is 24.3 Å². The van der Waals surface area contributed by atoms with E-state index >= 15 is 0 Å². The molecular formula is C20H33N3O3. The average Bonchev–Trinajstić information content (AvgIpc) is 2.59. The summed E-state index contributed by atoms with van der Waals surface area (Å²) in [4.78, 5) is 12.0. The van der Waals surface area contributed by atoms with Crippen LogP contribution < -0.4 is 20.7 Å². The van der Waals surface area contributed by atoms with Crippen molar-refractivity contribution < 1.29 is 14.6 Å². The lowest BCUT2D eigenvalue weighted by Gasteiger charge is -2.23. The molecule has 1 aromatic carbocycles. The molecule has 6 nitrogen and oxygen atoms in total. The Morgan fingerprint density at radius 3 is 2.46 bits per heavy atom. The lowest BCUT2D eigenvalue weighted by atomic mass is 9.96. The van der Waals surface area contributed by atoms with Gasteiger partial charge in [0.05, 0.1) is 0 Å². The summed E-state index contributed by atoms with van der Waals surface area (Å²) in [5.74, 6) is 0.665. The molecule has 146 valence electrons. The fourth-order valence-corrected chi connectivity index (χ4v) is 2.91. The molecule has 1 aliphatic rings. The van der Waals surface area contributed by atoms with E-state index < -0.39 is 6.10 Å². The van der Waals surface area contributed by atoms with Crippen molar-refractivity contribution in [1.82, 2.24) is 10.6 Å². The number of aliphatic hydroxyl groups excluding tert-OH is 1. The summed E-state index contributed by atoms with van der Waals surface area (Å²) in [5.41, 5.74) is 0.688. The Balaban J connectivity index is 1.70. The molecular weight excluding hydrogens is 330 g/mol. The van der Waals surface area contributed by atoms with Crippen LogP contribution in [0.3, 0.4) is 0 Å². The van der Waals surface area contributed by atoms with Crippen LogP contribution in [0.15, 0.2) is 24.3 Å². The highest BCUT2D eigenvalue weighted by Gasteiger charge is 2.16. The number of urea groups is 1. The van der Waals surface area contributed by atoms with E-state index in [0.29, 0.717) is 12.3 Å². The van der Waals surface area contributed by atoms with Crippen molar-refractivity contribution in [2.24, 2.45) is 0 Å². The number of hydrogen-bond acceptors (Lipinski definition) is 4. The van der Waals surface area contributed by atoms with Gasteiger partial charge in [0.25, 0.3) is 0 Å². The van der Waals surface area contributed by atoms with Crippen LogP contribution in [0.1, 0.15) is 52.9 Å². The van der Waals surface area contributed by atoms with Gasteiger partial charge in [-0.05, 0) is 57.9 Å². The minimum Gasteiger partial charge on any atom is -0.491 e. The predicted octanol–water partition coefficient (Wildman–Crippen LogP) is 3.27. The number of ether oxygens (including phenoxy) is 1. The highest BCUT2D eigenvalue weighted by molar-refractivity contribution is 5.89. The van der Waals surface area contributed by atoms with Crippen LogP contribution >= 0.6 is 0 Å². The SMILES string of the molecule is CC(C)(C)NC[C@@H](O)COc1ccc(NC(=O)NC2CCCCC2)cc1. The van der Waals surface area contributed by atoms with Gasteiger partial charge in [0.2, 0.25) is 0 Å². The molecule has 0 spiro atoms. The predicted molar refractivity (Wildman–Crippen MR) is 105 cm³/mol. The molecule has 2 rings (SSSR count). The summed E-state index contributed by atoms with van der Waals surface area (Å²) >= 11 is 0. The zero-order chi connectivity index (χ0) is 19.0. The fourth-order valence-electron chi connectivity index (χ4n) is 2.91. The van der Waals surface area contributed by atoms with E-state index in [9.17, 15) is 9.90 Å². The number of anilines is 1. The van der Waals surface area contributed by atoms with Crippen molar-refractivity contribution in [2.75, 3.05) is 18.5 Å². The van der Waals surface area contributed by atoms with Crippen molar-refractivity contribution in [3.63, 3.8) is 0 Å². The summed E-state index contributed by atoms with van der Waals surface area (Å²) in [7, 11) is 0. The number of nitrogens with one attached hydrogen (secondary N) is 3. The second-order valence-corrected chi connectivity index (χ2v) is 8.05. The third kappa shape index (κ3) is 8.06. The fraction of sp³-hybridized carbons (Fsp3) is 0.650. The van der Waals surface area contributed by atoms with Gasteiger partial charge >= 0.3 is 6.03 Å². The molecule has 0 bridgehead atoms. The Hall–Kier alpha value is -1.79. The molecule has 0 radical (unpaired) electrons. The van der Waals surface area contributed by atoms with Crippen LogP contribution in [0, 0.1) is 0 Å². The standard InChI is InChI=1S/C20H33N3O3/c1-20(2,3)21-13-17(24)14-26-18-11-9-16(10-12-18)23-19(25)22-15-7-5-4-6-8-15/h9-12,15,17,21,24H,4-8,13-14H2,1-3H3,(H2,22,23,25)/t17-/m1/s1. The maximum atomic E-state index is 12.0. The van der Waals surface area contributed by atoms with Crippen molar-refractivity contribution in [2.45, 2.75) is 70.6 Å². The first kappa shape index (κ1) is 20.5. The van der Waals surface area contributed by atoms with Crippen LogP contribution in [0.5, 0.6) is 5.75 Å². The Labute approximate surface area is 156 Å². The van der Waals surface area contributed by atoms with E-state index in [4.69, 9.17) is 4.74 Å². The highest BCUT2D eigenvalue weighted by atomic mass is 16.5. The molecule has 0 unspecified atom stereocenters. The smallest absolute Gasteiger partial charge is 0.319 e. The summed E-state index contributed by atoms with van der Waals surface area (Å²) in [5, 5.41) is 19.1. The number of carbonyl (C=O) groups is 1. The third-order valence-corrected chi connectivity index (χ3v) is 4.36. The number of amides is 2. The van der Waals surface area contributed by atoms with Crippen LogP contribution in [0.2, 0.25) is 0 Å². The summed E-state index contributed by atoms with van der Waals surface area (Å²) < 4.78 is 5.60. The first-order valence-electron chi connectivity index (χ1n) is 9.55. The topological polar surface area (TPSA) is 82.6 Å².